The van der Waals surface area contributed by atoms with E-state index in [1.807, 2.05) is 0 Å². The summed E-state index contributed by atoms with van der Waals surface area (Å²) >= 11 is 6.02. The summed E-state index contributed by atoms with van der Waals surface area (Å²) in [5, 5.41) is 19.3. The second kappa shape index (κ2) is 8.04. The van der Waals surface area contributed by atoms with Crippen molar-refractivity contribution in [2.45, 2.75) is 25.4 Å². The van der Waals surface area contributed by atoms with E-state index in [9.17, 15) is 4.79 Å². The highest BCUT2D eigenvalue weighted by molar-refractivity contribution is 6.31. The van der Waals surface area contributed by atoms with Gasteiger partial charge in [-0.15, -0.1) is 0 Å². The van der Waals surface area contributed by atoms with Crippen molar-refractivity contribution in [2.24, 2.45) is 0 Å². The second-order valence-electron chi connectivity index (χ2n) is 5.80. The standard InChI is InChI=1S/C15H21ClN8O/c16-11-8-19-4-1-9(11)7-20-15(25)22-14-12(13(17)23-24-14)21-10-2-5-18-6-3-10/h1,4,8,10,18,21H,2-3,5-7H2,(H5,17,20,22,23,24,25). The molecule has 0 atom stereocenters. The van der Waals surface area contributed by atoms with Gasteiger partial charge in [-0.05, 0) is 37.6 Å². The molecule has 0 saturated carbocycles. The molecule has 9 nitrogen and oxygen atoms in total. The maximum absolute atomic E-state index is 12.1. The molecule has 2 aromatic rings. The Hall–Kier alpha value is -2.52. The van der Waals surface area contributed by atoms with Crippen molar-refractivity contribution in [1.82, 2.24) is 25.8 Å². The number of aromatic amines is 1. The fraction of sp³-hybridized carbons (Fsp3) is 0.400. The highest BCUT2D eigenvalue weighted by atomic mass is 35.5. The van der Waals surface area contributed by atoms with Crippen LogP contribution >= 0.6 is 11.6 Å². The monoisotopic (exact) mass is 364 g/mol. The average Bonchev–Trinajstić information content (AvgIpc) is 2.95. The number of urea groups is 1. The van der Waals surface area contributed by atoms with Crippen LogP contribution in [-0.4, -0.2) is 40.3 Å². The van der Waals surface area contributed by atoms with Gasteiger partial charge >= 0.3 is 6.03 Å². The summed E-state index contributed by atoms with van der Waals surface area (Å²) in [7, 11) is 0. The Labute approximate surface area is 150 Å². The number of hydrogen-bond acceptors (Lipinski definition) is 6. The van der Waals surface area contributed by atoms with E-state index in [1.54, 1.807) is 12.3 Å². The van der Waals surface area contributed by atoms with Gasteiger partial charge in [-0.2, -0.15) is 5.10 Å². The van der Waals surface area contributed by atoms with Crippen molar-refractivity contribution < 1.29 is 4.79 Å². The van der Waals surface area contributed by atoms with Gasteiger partial charge < -0.3 is 21.7 Å². The number of nitrogens with two attached hydrogens (primary N) is 1. The number of rotatable bonds is 5. The molecule has 1 saturated heterocycles. The van der Waals surface area contributed by atoms with E-state index >= 15 is 0 Å². The fourth-order valence-electron chi connectivity index (χ4n) is 2.64. The number of carbonyl (C=O) groups excluding carboxylic acids is 1. The van der Waals surface area contributed by atoms with Crippen LogP contribution in [0.25, 0.3) is 0 Å². The zero-order valence-electron chi connectivity index (χ0n) is 13.6. The van der Waals surface area contributed by atoms with E-state index in [0.717, 1.165) is 31.5 Å². The first kappa shape index (κ1) is 17.3. The topological polar surface area (TPSA) is 133 Å². The van der Waals surface area contributed by atoms with Gasteiger partial charge in [0.2, 0.25) is 0 Å². The third-order valence-electron chi connectivity index (χ3n) is 4.01. The lowest BCUT2D eigenvalue weighted by Gasteiger charge is -2.24. The van der Waals surface area contributed by atoms with Crippen LogP contribution in [-0.2, 0) is 6.54 Å². The highest BCUT2D eigenvalue weighted by Crippen LogP contribution is 2.27. The minimum atomic E-state index is -0.396. The van der Waals surface area contributed by atoms with Gasteiger partial charge in [-0.25, -0.2) is 4.79 Å². The third-order valence-corrected chi connectivity index (χ3v) is 4.35. The number of nitrogen functional groups attached to an aromatic ring is 1. The molecule has 0 aliphatic carbocycles. The molecule has 1 aliphatic heterocycles. The lowest BCUT2D eigenvalue weighted by Crippen LogP contribution is -2.35. The molecular weight excluding hydrogens is 344 g/mol. The molecule has 1 aliphatic rings. The largest absolute Gasteiger partial charge is 0.382 e. The van der Waals surface area contributed by atoms with Crippen LogP contribution in [0.2, 0.25) is 5.02 Å². The van der Waals surface area contributed by atoms with Gasteiger partial charge in [-0.1, -0.05) is 11.6 Å². The number of hydrogen-bond donors (Lipinski definition) is 6. The van der Waals surface area contributed by atoms with Crippen molar-refractivity contribution in [3.63, 3.8) is 0 Å². The summed E-state index contributed by atoms with van der Waals surface area (Å²) in [4.78, 5) is 16.0. The first-order valence-electron chi connectivity index (χ1n) is 8.08. The Morgan fingerprint density at radius 2 is 2.20 bits per heavy atom. The molecule has 3 heterocycles. The molecule has 3 rings (SSSR count). The number of anilines is 3. The number of amides is 2. The summed E-state index contributed by atoms with van der Waals surface area (Å²) in [6.45, 7) is 2.18. The minimum absolute atomic E-state index is 0.282. The molecule has 0 unspecified atom stereocenters. The summed E-state index contributed by atoms with van der Waals surface area (Å²) < 4.78 is 0. The van der Waals surface area contributed by atoms with Gasteiger partial charge in [0, 0.05) is 25.0 Å². The van der Waals surface area contributed by atoms with E-state index in [-0.39, 0.29) is 6.54 Å². The summed E-state index contributed by atoms with van der Waals surface area (Å²) in [6.07, 6.45) is 5.12. The Morgan fingerprint density at radius 1 is 1.40 bits per heavy atom. The molecule has 0 spiro atoms. The molecule has 7 N–H and O–H groups in total. The summed E-state index contributed by atoms with van der Waals surface area (Å²) in [6, 6.07) is 1.65. The van der Waals surface area contributed by atoms with E-state index in [0.29, 0.717) is 28.4 Å². The van der Waals surface area contributed by atoms with Crippen LogP contribution in [0.15, 0.2) is 18.5 Å². The predicted octanol–water partition coefficient (Wildman–Crippen LogP) is 1.53. The van der Waals surface area contributed by atoms with Crippen LogP contribution in [0.4, 0.5) is 22.1 Å². The highest BCUT2D eigenvalue weighted by Gasteiger charge is 2.19. The average molecular weight is 365 g/mol. The van der Waals surface area contributed by atoms with Gasteiger partial charge in [0.15, 0.2) is 5.82 Å². The Balaban J connectivity index is 1.58. The fourth-order valence-corrected chi connectivity index (χ4v) is 2.82. The molecule has 2 aromatic heterocycles. The van der Waals surface area contributed by atoms with Crippen LogP contribution < -0.4 is 27.0 Å². The molecule has 10 heteroatoms. The maximum Gasteiger partial charge on any atom is 0.320 e. The van der Waals surface area contributed by atoms with E-state index < -0.39 is 6.03 Å². The summed E-state index contributed by atoms with van der Waals surface area (Å²) in [5.74, 6) is 0.764. The molecule has 134 valence electrons. The zero-order valence-corrected chi connectivity index (χ0v) is 14.4. The number of H-pyrrole nitrogens is 1. The van der Waals surface area contributed by atoms with Crippen molar-refractivity contribution in [1.29, 1.82) is 0 Å². The van der Waals surface area contributed by atoms with Crippen molar-refractivity contribution in [2.75, 3.05) is 29.5 Å². The number of nitrogens with one attached hydrogen (secondary N) is 5. The van der Waals surface area contributed by atoms with E-state index in [2.05, 4.69) is 36.4 Å². The smallest absolute Gasteiger partial charge is 0.320 e. The van der Waals surface area contributed by atoms with E-state index in [1.165, 1.54) is 6.20 Å². The van der Waals surface area contributed by atoms with Gasteiger partial charge in [0.25, 0.3) is 0 Å². The number of aromatic nitrogens is 3. The third kappa shape index (κ3) is 4.52. The molecular formula is C15H21ClN8O. The second-order valence-corrected chi connectivity index (χ2v) is 6.21. The molecule has 0 aromatic carbocycles. The van der Waals surface area contributed by atoms with Crippen LogP contribution in [0.1, 0.15) is 18.4 Å². The van der Waals surface area contributed by atoms with Crippen molar-refractivity contribution in [3.8, 4) is 0 Å². The van der Waals surface area contributed by atoms with Crippen LogP contribution in [0.3, 0.4) is 0 Å². The van der Waals surface area contributed by atoms with Crippen LogP contribution in [0, 0.1) is 0 Å². The lowest BCUT2D eigenvalue weighted by molar-refractivity contribution is 0.251. The van der Waals surface area contributed by atoms with Gasteiger partial charge in [0.05, 0.1) is 5.02 Å². The number of pyridine rings is 1. The quantitative estimate of drug-likeness (QED) is 0.476. The summed E-state index contributed by atoms with van der Waals surface area (Å²) in [5.41, 5.74) is 7.32. The van der Waals surface area contributed by atoms with Crippen molar-refractivity contribution >= 4 is 35.0 Å². The number of halogens is 1. The number of carbonyl (C=O) groups is 1. The normalized spacial score (nSPS) is 14.9. The lowest BCUT2D eigenvalue weighted by atomic mass is 10.1. The van der Waals surface area contributed by atoms with Gasteiger partial charge in [-0.3, -0.25) is 15.4 Å². The molecule has 0 radical (unpaired) electrons. The Bertz CT molecular complexity index is 728. The molecule has 25 heavy (non-hydrogen) atoms. The SMILES string of the molecule is Nc1[nH]nc(NC(=O)NCc2ccncc2Cl)c1NC1CCNCC1. The Kier molecular flexibility index (Phi) is 5.56. The first-order valence-corrected chi connectivity index (χ1v) is 8.45. The maximum atomic E-state index is 12.1. The van der Waals surface area contributed by atoms with E-state index in [4.69, 9.17) is 17.3 Å². The van der Waals surface area contributed by atoms with Crippen molar-refractivity contribution in [3.05, 3.63) is 29.0 Å². The Morgan fingerprint density at radius 3 is 2.96 bits per heavy atom. The van der Waals surface area contributed by atoms with Crippen LogP contribution in [0.5, 0.6) is 0 Å². The zero-order chi connectivity index (χ0) is 17.6. The molecule has 2 amide bonds. The number of piperidine rings is 1. The molecule has 0 bridgehead atoms. The minimum Gasteiger partial charge on any atom is -0.382 e. The predicted molar refractivity (Wildman–Crippen MR) is 97.6 cm³/mol. The number of nitrogens with zero attached hydrogens (tertiary/aromatic N) is 2. The van der Waals surface area contributed by atoms with Gasteiger partial charge in [0.1, 0.15) is 11.5 Å². The molecule has 1 fully saturated rings. The first-order chi connectivity index (χ1) is 12.1.